The molecule has 2 aliphatic heterocycles. The second kappa shape index (κ2) is 8.21. The number of methoxy groups -OCH3 is 1. The number of hydrazone groups is 1. The number of nitrogens with one attached hydrogen (secondary N) is 1. The smallest absolute Gasteiger partial charge is 0.283 e. The number of sulfone groups is 1. The first-order chi connectivity index (χ1) is 13.8. The molecule has 11 heteroatoms. The number of carbonyl (C=O) groups is 1. The number of nitrogens with zero attached hydrogens (tertiary/aromatic N) is 3. The predicted molar refractivity (Wildman–Crippen MR) is 113 cm³/mol. The van der Waals surface area contributed by atoms with Gasteiger partial charge in [0.2, 0.25) is 19.4 Å². The number of fused-ring (bicyclic) bond motifs is 1. The number of amidine groups is 2. The Kier molecular flexibility index (Phi) is 5.89. The normalized spacial score (nSPS) is 17.7. The van der Waals surface area contributed by atoms with Crippen LogP contribution in [0.1, 0.15) is 12.5 Å². The molecule has 1 aromatic carbocycles. The fourth-order valence-corrected chi connectivity index (χ4v) is 4.60. The van der Waals surface area contributed by atoms with Crippen molar-refractivity contribution in [3.63, 3.8) is 0 Å². The largest absolute Gasteiger partial charge is 0.493 e. The molecule has 0 aliphatic carbocycles. The van der Waals surface area contributed by atoms with E-state index in [-0.39, 0.29) is 26.7 Å². The fourth-order valence-electron chi connectivity index (χ4n) is 2.43. The molecule has 0 aromatic heterocycles. The van der Waals surface area contributed by atoms with Gasteiger partial charge in [-0.3, -0.25) is 10.2 Å². The number of benzene rings is 1. The minimum atomic E-state index is -3.57. The van der Waals surface area contributed by atoms with Crippen LogP contribution in [0.2, 0.25) is 0 Å². The highest BCUT2D eigenvalue weighted by Gasteiger charge is 2.39. The summed E-state index contributed by atoms with van der Waals surface area (Å²) in [5.74, 6) is -0.0739. The molecule has 0 spiro atoms. The lowest BCUT2D eigenvalue weighted by atomic mass is 10.1. The second-order valence-electron chi connectivity index (χ2n) is 5.80. The molecule has 0 bridgehead atoms. The minimum absolute atomic E-state index is 0.0185. The van der Waals surface area contributed by atoms with Gasteiger partial charge in [-0.2, -0.15) is 10.0 Å². The third kappa shape index (κ3) is 4.10. The molecule has 0 unspecified atom stereocenters. The molecular weight excluding hydrogens is 416 g/mol. The maximum absolute atomic E-state index is 12.4. The Hall–Kier alpha value is -2.92. The number of rotatable bonds is 6. The van der Waals surface area contributed by atoms with Crippen molar-refractivity contribution in [2.45, 2.75) is 6.92 Å². The highest BCUT2D eigenvalue weighted by molar-refractivity contribution is 8.42. The van der Waals surface area contributed by atoms with Crippen molar-refractivity contribution in [3.8, 4) is 11.5 Å². The van der Waals surface area contributed by atoms with Crippen LogP contribution in [0.3, 0.4) is 0 Å². The van der Waals surface area contributed by atoms with Gasteiger partial charge in [-0.05, 0) is 35.5 Å². The van der Waals surface area contributed by atoms with Gasteiger partial charge in [0.1, 0.15) is 6.61 Å². The number of amides is 1. The lowest BCUT2D eigenvalue weighted by molar-refractivity contribution is -0.114. The Bertz CT molecular complexity index is 1090. The molecule has 9 nitrogen and oxygen atoms in total. The zero-order chi connectivity index (χ0) is 21.2. The van der Waals surface area contributed by atoms with Gasteiger partial charge < -0.3 is 9.47 Å². The zero-order valence-electron chi connectivity index (χ0n) is 15.7. The van der Waals surface area contributed by atoms with E-state index >= 15 is 0 Å². The van der Waals surface area contributed by atoms with E-state index in [1.54, 1.807) is 24.3 Å². The van der Waals surface area contributed by atoms with Crippen molar-refractivity contribution in [3.05, 3.63) is 42.0 Å². The van der Waals surface area contributed by atoms with Gasteiger partial charge in [-0.15, -0.1) is 5.10 Å². The molecule has 0 atom stereocenters. The summed E-state index contributed by atoms with van der Waals surface area (Å²) in [7, 11) is -2.08. The molecule has 0 radical (unpaired) electrons. The second-order valence-corrected chi connectivity index (χ2v) is 9.21. The Balaban J connectivity index is 1.94. The molecule has 0 fully saturated rings. The molecule has 1 amide bonds. The number of ether oxygens (including phenoxy) is 2. The highest BCUT2D eigenvalue weighted by atomic mass is 32.3. The van der Waals surface area contributed by atoms with Crippen LogP contribution in [-0.2, 0) is 14.6 Å². The third-order valence-electron chi connectivity index (χ3n) is 3.94. The topological polar surface area (TPSA) is 121 Å². The van der Waals surface area contributed by atoms with Crippen LogP contribution in [-0.4, -0.2) is 54.2 Å². The van der Waals surface area contributed by atoms with Crippen molar-refractivity contribution in [2.75, 3.05) is 19.5 Å². The van der Waals surface area contributed by atoms with Crippen molar-refractivity contribution in [1.29, 1.82) is 5.41 Å². The van der Waals surface area contributed by atoms with Crippen molar-refractivity contribution >= 4 is 49.0 Å². The van der Waals surface area contributed by atoms with Crippen LogP contribution < -0.4 is 9.47 Å². The quantitative estimate of drug-likeness (QED) is 0.538. The zero-order valence-corrected chi connectivity index (χ0v) is 17.3. The molecule has 0 saturated heterocycles. The van der Waals surface area contributed by atoms with Crippen LogP contribution in [0.25, 0.3) is 6.08 Å². The molecule has 3 rings (SSSR count). The van der Waals surface area contributed by atoms with Gasteiger partial charge >= 0.3 is 0 Å². The van der Waals surface area contributed by atoms with Crippen molar-refractivity contribution in [2.24, 2.45) is 10.1 Å². The molecule has 1 aromatic rings. The average molecular weight is 434 g/mol. The summed E-state index contributed by atoms with van der Waals surface area (Å²) in [6, 6.07) is 5.03. The first kappa shape index (κ1) is 20.8. The van der Waals surface area contributed by atoms with Crippen LogP contribution in [0.5, 0.6) is 11.5 Å². The maximum Gasteiger partial charge on any atom is 0.283 e. The summed E-state index contributed by atoms with van der Waals surface area (Å²) in [6.07, 6.45) is 3.08. The molecule has 29 heavy (non-hydrogen) atoms. The minimum Gasteiger partial charge on any atom is -0.493 e. The highest BCUT2D eigenvalue weighted by Crippen LogP contribution is 2.32. The van der Waals surface area contributed by atoms with E-state index in [0.717, 1.165) is 16.8 Å². The van der Waals surface area contributed by atoms with E-state index in [2.05, 4.69) is 16.7 Å². The maximum atomic E-state index is 12.4. The van der Waals surface area contributed by atoms with E-state index in [0.29, 0.717) is 23.7 Å². The van der Waals surface area contributed by atoms with Crippen LogP contribution in [0.4, 0.5) is 0 Å². The van der Waals surface area contributed by atoms with Gasteiger partial charge in [-0.1, -0.05) is 25.6 Å². The predicted octanol–water partition coefficient (Wildman–Crippen LogP) is 2.27. The number of carbonyl (C=O) groups excluding carboxylic acids is 1. The van der Waals surface area contributed by atoms with Crippen molar-refractivity contribution < 1.29 is 22.7 Å². The van der Waals surface area contributed by atoms with Crippen LogP contribution in [0, 0.1) is 5.41 Å². The summed E-state index contributed by atoms with van der Waals surface area (Å²) in [5.41, 5.74) is 0.562. The van der Waals surface area contributed by atoms with Gasteiger partial charge in [0.15, 0.2) is 17.3 Å². The third-order valence-corrected chi connectivity index (χ3v) is 7.03. The number of hydrogen-bond acceptors (Lipinski definition) is 8. The summed E-state index contributed by atoms with van der Waals surface area (Å²) >= 11 is 0.762. The molecule has 1 N–H and O–H groups in total. The van der Waals surface area contributed by atoms with Crippen molar-refractivity contribution in [1.82, 2.24) is 5.01 Å². The van der Waals surface area contributed by atoms with E-state index in [1.807, 2.05) is 0 Å². The van der Waals surface area contributed by atoms with Gasteiger partial charge in [0.05, 0.1) is 18.4 Å². The molecule has 2 aliphatic rings. The number of thioether (sulfide) groups is 1. The number of aliphatic imine (C=N–C) groups is 1. The molecule has 2 heterocycles. The molecular formula is C18H18N4O5S2. The van der Waals surface area contributed by atoms with Crippen LogP contribution >= 0.6 is 11.8 Å². The molecule has 0 saturated carbocycles. The summed E-state index contributed by atoms with van der Waals surface area (Å²) in [4.78, 5) is 16.3. The monoisotopic (exact) mass is 434 g/mol. The lowest BCUT2D eigenvalue weighted by Gasteiger charge is -2.20. The summed E-state index contributed by atoms with van der Waals surface area (Å²) in [5, 5.41) is 13.4. The van der Waals surface area contributed by atoms with Gasteiger partial charge in [0.25, 0.3) is 5.91 Å². The number of hydrogen-bond donors (Lipinski definition) is 1. The van der Waals surface area contributed by atoms with Gasteiger partial charge in [0, 0.05) is 0 Å². The summed E-state index contributed by atoms with van der Waals surface area (Å²) in [6.45, 7) is 5.40. The lowest BCUT2D eigenvalue weighted by Crippen LogP contribution is -2.35. The van der Waals surface area contributed by atoms with E-state index in [9.17, 15) is 13.2 Å². The van der Waals surface area contributed by atoms with E-state index < -0.39 is 15.7 Å². The van der Waals surface area contributed by atoms with E-state index in [1.165, 1.54) is 20.1 Å². The average Bonchev–Trinajstić information content (AvgIpc) is 3.15. The van der Waals surface area contributed by atoms with Gasteiger partial charge in [-0.25, -0.2) is 8.42 Å². The molecule has 152 valence electrons. The van der Waals surface area contributed by atoms with E-state index in [4.69, 9.17) is 14.9 Å². The Morgan fingerprint density at radius 1 is 1.34 bits per heavy atom. The Labute approximate surface area is 172 Å². The Morgan fingerprint density at radius 3 is 2.76 bits per heavy atom. The first-order valence-electron chi connectivity index (χ1n) is 8.45. The van der Waals surface area contributed by atoms with Crippen LogP contribution in [0.15, 0.2) is 46.5 Å². The standard InChI is InChI=1S/C18H18N4O5S2/c1-4-8-27-13-7-6-11(10-14(13)26-3)9-12-15(19)22-17(20-16(12)23)28-18(21-22)29(24,25)5-2/h4,6-7,9-10,19H,1,5,8H2,2-3H3/b12-9+,19-15?. The first-order valence-corrected chi connectivity index (χ1v) is 10.9. The summed E-state index contributed by atoms with van der Waals surface area (Å²) < 4.78 is 34.7. The SMILES string of the molecule is C=CCOc1ccc(/C=C2\C(=N)N3N=C(S(=O)(=O)CC)SC3=NC2=O)cc1OC. The fraction of sp³-hybridized carbons (Fsp3) is 0.222. The Morgan fingerprint density at radius 2 is 2.10 bits per heavy atom.